The number of aryl methyl sites for hydroxylation is 2. The third-order valence-corrected chi connectivity index (χ3v) is 5.45. The molecule has 0 radical (unpaired) electrons. The molecule has 0 aromatic heterocycles. The lowest BCUT2D eigenvalue weighted by atomic mass is 10.0. The van der Waals surface area contributed by atoms with Gasteiger partial charge >= 0.3 is 0 Å². The number of amides is 2. The van der Waals surface area contributed by atoms with E-state index in [9.17, 15) is 9.59 Å². The van der Waals surface area contributed by atoms with Gasteiger partial charge in [-0.3, -0.25) is 9.59 Å². The lowest BCUT2D eigenvalue weighted by Crippen LogP contribution is -2.49. The number of benzene rings is 2. The highest BCUT2D eigenvalue weighted by atomic mass is 79.9. The number of nitrogens with one attached hydrogen (secondary N) is 1. The van der Waals surface area contributed by atoms with Crippen molar-refractivity contribution in [1.82, 2.24) is 10.2 Å². The molecule has 1 atom stereocenters. The Labute approximate surface area is 182 Å². The van der Waals surface area contributed by atoms with Crippen molar-refractivity contribution >= 4 is 27.7 Å². The van der Waals surface area contributed by atoms with Gasteiger partial charge in [0, 0.05) is 23.5 Å². The molecule has 156 valence electrons. The Kier molecular flexibility index (Phi) is 8.90. The zero-order valence-corrected chi connectivity index (χ0v) is 19.3. The SMILES string of the molecule is CCc1ccc(CCC(=O)N(Cc2ccc(Br)cc2)C(C)C(=O)NC(C)C)cc1. The monoisotopic (exact) mass is 458 g/mol. The van der Waals surface area contributed by atoms with E-state index in [-0.39, 0.29) is 17.9 Å². The van der Waals surface area contributed by atoms with Crippen molar-refractivity contribution in [3.8, 4) is 0 Å². The molecule has 1 N–H and O–H groups in total. The molecule has 1 unspecified atom stereocenters. The fraction of sp³-hybridized carbons (Fsp3) is 0.417. The summed E-state index contributed by atoms with van der Waals surface area (Å²) in [6.45, 7) is 8.18. The molecule has 0 aliphatic heterocycles. The number of carbonyl (C=O) groups is 2. The Morgan fingerprint density at radius 3 is 2.03 bits per heavy atom. The van der Waals surface area contributed by atoms with Gasteiger partial charge in [-0.15, -0.1) is 0 Å². The molecule has 0 aliphatic carbocycles. The molecule has 2 aromatic rings. The minimum Gasteiger partial charge on any atom is -0.352 e. The van der Waals surface area contributed by atoms with Crippen LogP contribution in [0.15, 0.2) is 53.0 Å². The molecule has 0 fully saturated rings. The summed E-state index contributed by atoms with van der Waals surface area (Å²) >= 11 is 3.44. The molecule has 0 heterocycles. The van der Waals surface area contributed by atoms with Crippen LogP contribution in [0.1, 0.15) is 50.8 Å². The molecule has 2 rings (SSSR count). The van der Waals surface area contributed by atoms with Crippen LogP contribution in [0.25, 0.3) is 0 Å². The van der Waals surface area contributed by atoms with Gasteiger partial charge < -0.3 is 10.2 Å². The molecule has 4 nitrogen and oxygen atoms in total. The number of halogens is 1. The maximum atomic E-state index is 13.1. The van der Waals surface area contributed by atoms with Gasteiger partial charge in [0.1, 0.15) is 6.04 Å². The fourth-order valence-corrected chi connectivity index (χ4v) is 3.38. The van der Waals surface area contributed by atoms with Crippen molar-refractivity contribution in [1.29, 1.82) is 0 Å². The molecule has 0 bridgehead atoms. The zero-order valence-electron chi connectivity index (χ0n) is 17.7. The highest BCUT2D eigenvalue weighted by Crippen LogP contribution is 2.16. The van der Waals surface area contributed by atoms with E-state index in [1.807, 2.05) is 38.1 Å². The number of hydrogen-bond acceptors (Lipinski definition) is 2. The first-order valence-corrected chi connectivity index (χ1v) is 11.0. The first kappa shape index (κ1) is 23.1. The van der Waals surface area contributed by atoms with E-state index in [0.29, 0.717) is 19.4 Å². The second kappa shape index (κ2) is 11.1. The molecular formula is C24H31BrN2O2. The highest BCUT2D eigenvalue weighted by molar-refractivity contribution is 9.10. The van der Waals surface area contributed by atoms with Crippen molar-refractivity contribution in [2.75, 3.05) is 0 Å². The molecule has 0 spiro atoms. The maximum Gasteiger partial charge on any atom is 0.242 e. The Balaban J connectivity index is 2.11. The highest BCUT2D eigenvalue weighted by Gasteiger charge is 2.26. The standard InChI is InChI=1S/C24H31BrN2O2/c1-5-19-6-8-20(9-7-19)12-15-23(28)27(18(4)24(29)26-17(2)3)16-21-10-13-22(25)14-11-21/h6-11,13-14,17-18H,5,12,15-16H2,1-4H3,(H,26,29). The topological polar surface area (TPSA) is 49.4 Å². The zero-order chi connectivity index (χ0) is 21.4. The average Bonchev–Trinajstić information content (AvgIpc) is 2.71. The van der Waals surface area contributed by atoms with Crippen LogP contribution >= 0.6 is 15.9 Å². The van der Waals surface area contributed by atoms with Crippen LogP contribution < -0.4 is 5.32 Å². The molecule has 5 heteroatoms. The third kappa shape index (κ3) is 7.32. The van der Waals surface area contributed by atoms with Crippen LogP contribution in [0.2, 0.25) is 0 Å². The smallest absolute Gasteiger partial charge is 0.242 e. The number of carbonyl (C=O) groups excluding carboxylic acids is 2. The van der Waals surface area contributed by atoms with Crippen molar-refractivity contribution in [2.24, 2.45) is 0 Å². The Morgan fingerprint density at radius 1 is 0.931 bits per heavy atom. The minimum atomic E-state index is -0.531. The number of nitrogens with zero attached hydrogens (tertiary/aromatic N) is 1. The van der Waals surface area contributed by atoms with Gasteiger partial charge in [-0.25, -0.2) is 0 Å². The van der Waals surface area contributed by atoms with Crippen LogP contribution in [-0.4, -0.2) is 28.8 Å². The largest absolute Gasteiger partial charge is 0.352 e. The van der Waals surface area contributed by atoms with Gasteiger partial charge in [-0.1, -0.05) is 59.3 Å². The second-order valence-electron chi connectivity index (χ2n) is 7.66. The summed E-state index contributed by atoms with van der Waals surface area (Å²) in [6, 6.07) is 15.7. The molecule has 0 aliphatic rings. The Morgan fingerprint density at radius 2 is 1.48 bits per heavy atom. The maximum absolute atomic E-state index is 13.1. The number of hydrogen-bond donors (Lipinski definition) is 1. The van der Waals surface area contributed by atoms with Crippen LogP contribution in [0.4, 0.5) is 0 Å². The minimum absolute atomic E-state index is 0.0149. The van der Waals surface area contributed by atoms with Crippen molar-refractivity contribution in [2.45, 2.75) is 65.6 Å². The van der Waals surface area contributed by atoms with Gasteiger partial charge in [0.25, 0.3) is 0 Å². The summed E-state index contributed by atoms with van der Waals surface area (Å²) in [5, 5.41) is 2.92. The second-order valence-corrected chi connectivity index (χ2v) is 8.57. The Bertz CT molecular complexity index is 801. The van der Waals surface area contributed by atoms with Gasteiger partial charge in [0.15, 0.2) is 0 Å². The predicted octanol–water partition coefficient (Wildman–Crippen LogP) is 4.89. The lowest BCUT2D eigenvalue weighted by Gasteiger charge is -2.29. The molecule has 2 aromatic carbocycles. The molecule has 0 saturated heterocycles. The van der Waals surface area contributed by atoms with Crippen LogP contribution in [-0.2, 0) is 29.0 Å². The molecular weight excluding hydrogens is 428 g/mol. The molecule has 0 saturated carbocycles. The van der Waals surface area contributed by atoms with Gasteiger partial charge in [0.2, 0.25) is 11.8 Å². The van der Waals surface area contributed by atoms with Crippen molar-refractivity contribution < 1.29 is 9.59 Å². The van der Waals surface area contributed by atoms with Crippen LogP contribution in [0.5, 0.6) is 0 Å². The van der Waals surface area contributed by atoms with Crippen LogP contribution in [0, 0.1) is 0 Å². The van der Waals surface area contributed by atoms with Gasteiger partial charge in [-0.2, -0.15) is 0 Å². The van der Waals surface area contributed by atoms with Gasteiger partial charge in [0.05, 0.1) is 0 Å². The quantitative estimate of drug-likeness (QED) is 0.581. The first-order chi connectivity index (χ1) is 13.8. The van der Waals surface area contributed by atoms with E-state index in [0.717, 1.165) is 22.0 Å². The van der Waals surface area contributed by atoms with E-state index in [1.54, 1.807) is 11.8 Å². The number of rotatable bonds is 9. The average molecular weight is 459 g/mol. The summed E-state index contributed by atoms with van der Waals surface area (Å²) in [5.41, 5.74) is 3.42. The van der Waals surface area contributed by atoms with Crippen LogP contribution in [0.3, 0.4) is 0 Å². The fourth-order valence-electron chi connectivity index (χ4n) is 3.11. The molecule has 29 heavy (non-hydrogen) atoms. The summed E-state index contributed by atoms with van der Waals surface area (Å²) in [5.74, 6) is -0.142. The summed E-state index contributed by atoms with van der Waals surface area (Å²) in [7, 11) is 0. The van der Waals surface area contributed by atoms with Crippen molar-refractivity contribution in [3.05, 3.63) is 69.7 Å². The van der Waals surface area contributed by atoms with E-state index in [1.165, 1.54) is 5.56 Å². The van der Waals surface area contributed by atoms with E-state index >= 15 is 0 Å². The summed E-state index contributed by atoms with van der Waals surface area (Å²) in [6.07, 6.45) is 2.04. The molecule has 2 amide bonds. The van der Waals surface area contributed by atoms with Gasteiger partial charge in [-0.05, 0) is 62.4 Å². The predicted molar refractivity (Wildman–Crippen MR) is 122 cm³/mol. The summed E-state index contributed by atoms with van der Waals surface area (Å²) in [4.78, 5) is 27.3. The van der Waals surface area contributed by atoms with Crippen molar-refractivity contribution in [3.63, 3.8) is 0 Å². The summed E-state index contributed by atoms with van der Waals surface area (Å²) < 4.78 is 0.986. The third-order valence-electron chi connectivity index (χ3n) is 4.92. The Hall–Kier alpha value is -2.14. The van der Waals surface area contributed by atoms with E-state index < -0.39 is 6.04 Å². The van der Waals surface area contributed by atoms with E-state index in [2.05, 4.69) is 52.4 Å². The van der Waals surface area contributed by atoms with E-state index in [4.69, 9.17) is 0 Å². The lowest BCUT2D eigenvalue weighted by molar-refractivity contribution is -0.140. The first-order valence-electron chi connectivity index (χ1n) is 10.2. The normalized spacial score (nSPS) is 11.9.